The molecular formula is C9H14N2S. The fourth-order valence-corrected chi connectivity index (χ4v) is 2.23. The Morgan fingerprint density at radius 3 is 2.67 bits per heavy atom. The first-order valence-corrected chi connectivity index (χ1v) is 5.21. The number of rotatable bonds is 3. The molecule has 0 aliphatic heterocycles. The number of thiophene rings is 1. The first-order chi connectivity index (χ1) is 5.79. The monoisotopic (exact) mass is 182 g/mol. The van der Waals surface area contributed by atoms with E-state index >= 15 is 0 Å². The van der Waals surface area contributed by atoms with Crippen molar-refractivity contribution < 1.29 is 0 Å². The zero-order valence-corrected chi connectivity index (χ0v) is 7.76. The maximum atomic E-state index is 6.01. The van der Waals surface area contributed by atoms with Gasteiger partial charge in [0.05, 0.1) is 6.04 Å². The van der Waals surface area contributed by atoms with Crippen LogP contribution in [0.5, 0.6) is 0 Å². The summed E-state index contributed by atoms with van der Waals surface area (Å²) in [5, 5.41) is 2.05. The second-order valence-corrected chi connectivity index (χ2v) is 4.44. The molecule has 0 saturated heterocycles. The van der Waals surface area contributed by atoms with E-state index in [1.165, 1.54) is 17.7 Å². The fourth-order valence-electron chi connectivity index (χ4n) is 1.44. The Bertz CT molecular complexity index is 241. The van der Waals surface area contributed by atoms with Crippen molar-refractivity contribution in [2.75, 3.05) is 0 Å². The lowest BCUT2D eigenvalue weighted by Gasteiger charge is -2.17. The number of hydrogen-bond acceptors (Lipinski definition) is 3. The van der Waals surface area contributed by atoms with Gasteiger partial charge in [-0.05, 0) is 30.2 Å². The predicted molar refractivity (Wildman–Crippen MR) is 51.9 cm³/mol. The van der Waals surface area contributed by atoms with Crippen LogP contribution in [0.2, 0.25) is 0 Å². The molecule has 2 atom stereocenters. The number of nitrogens with two attached hydrogens (primary N) is 2. The van der Waals surface area contributed by atoms with E-state index in [1.807, 2.05) is 6.07 Å². The molecule has 0 spiro atoms. The average Bonchev–Trinajstić information content (AvgIpc) is 2.79. The summed E-state index contributed by atoms with van der Waals surface area (Å²) in [7, 11) is 0. The van der Waals surface area contributed by atoms with Crippen molar-refractivity contribution in [3.63, 3.8) is 0 Å². The molecule has 12 heavy (non-hydrogen) atoms. The Morgan fingerprint density at radius 1 is 1.42 bits per heavy atom. The molecule has 3 heteroatoms. The maximum absolute atomic E-state index is 6.01. The van der Waals surface area contributed by atoms with Crippen LogP contribution in [0, 0.1) is 5.92 Å². The average molecular weight is 182 g/mol. The van der Waals surface area contributed by atoms with Gasteiger partial charge in [0, 0.05) is 10.9 Å². The highest BCUT2D eigenvalue weighted by molar-refractivity contribution is 7.10. The Morgan fingerprint density at radius 2 is 2.17 bits per heavy atom. The van der Waals surface area contributed by atoms with Crippen molar-refractivity contribution in [3.05, 3.63) is 22.4 Å². The normalized spacial score (nSPS) is 22.2. The zero-order chi connectivity index (χ0) is 8.55. The van der Waals surface area contributed by atoms with E-state index < -0.39 is 0 Å². The Labute approximate surface area is 76.6 Å². The highest BCUT2D eigenvalue weighted by Gasteiger charge is 2.33. The molecule has 2 nitrogen and oxygen atoms in total. The van der Waals surface area contributed by atoms with Crippen molar-refractivity contribution in [1.82, 2.24) is 0 Å². The van der Waals surface area contributed by atoms with E-state index in [2.05, 4.69) is 11.4 Å². The number of hydrogen-bond donors (Lipinski definition) is 2. The lowest BCUT2D eigenvalue weighted by atomic mass is 10.0. The van der Waals surface area contributed by atoms with E-state index in [0.717, 1.165) is 0 Å². The van der Waals surface area contributed by atoms with Crippen molar-refractivity contribution in [2.24, 2.45) is 17.4 Å². The summed E-state index contributed by atoms with van der Waals surface area (Å²) in [5.41, 5.74) is 12.0. The second kappa shape index (κ2) is 3.17. The summed E-state index contributed by atoms with van der Waals surface area (Å²) in [6, 6.07) is 4.32. The lowest BCUT2D eigenvalue weighted by Crippen LogP contribution is -2.35. The summed E-state index contributed by atoms with van der Waals surface area (Å²) in [4.78, 5) is 1.22. The minimum atomic E-state index is 0.0532. The molecule has 1 aromatic heterocycles. The molecule has 1 heterocycles. The first-order valence-electron chi connectivity index (χ1n) is 4.33. The molecule has 1 aromatic rings. The molecule has 0 aromatic carbocycles. The van der Waals surface area contributed by atoms with Gasteiger partial charge < -0.3 is 11.5 Å². The van der Waals surface area contributed by atoms with Crippen LogP contribution >= 0.6 is 11.3 Å². The molecule has 1 aliphatic rings. The van der Waals surface area contributed by atoms with Crippen LogP contribution < -0.4 is 11.5 Å². The summed E-state index contributed by atoms with van der Waals surface area (Å²) in [6.07, 6.45) is 2.53. The van der Waals surface area contributed by atoms with Gasteiger partial charge in [0.1, 0.15) is 0 Å². The van der Waals surface area contributed by atoms with Gasteiger partial charge in [-0.25, -0.2) is 0 Å². The van der Waals surface area contributed by atoms with Gasteiger partial charge in [-0.15, -0.1) is 11.3 Å². The van der Waals surface area contributed by atoms with Gasteiger partial charge >= 0.3 is 0 Å². The molecule has 0 unspecified atom stereocenters. The van der Waals surface area contributed by atoms with Gasteiger partial charge in [-0.1, -0.05) is 6.07 Å². The zero-order valence-electron chi connectivity index (χ0n) is 6.94. The molecular weight excluding hydrogens is 168 g/mol. The predicted octanol–water partition coefficient (Wildman–Crippen LogP) is 1.49. The van der Waals surface area contributed by atoms with Gasteiger partial charge in [0.15, 0.2) is 0 Å². The summed E-state index contributed by atoms with van der Waals surface area (Å²) in [6.45, 7) is 0. The van der Waals surface area contributed by atoms with Gasteiger partial charge in [0.25, 0.3) is 0 Å². The van der Waals surface area contributed by atoms with Crippen LogP contribution in [0.3, 0.4) is 0 Å². The van der Waals surface area contributed by atoms with Crippen LogP contribution in [-0.2, 0) is 0 Å². The van der Waals surface area contributed by atoms with Crippen LogP contribution in [0.25, 0.3) is 0 Å². The van der Waals surface area contributed by atoms with Crippen LogP contribution in [0.1, 0.15) is 23.8 Å². The molecule has 1 saturated carbocycles. The third-order valence-electron chi connectivity index (χ3n) is 2.45. The Hall–Kier alpha value is -0.380. The van der Waals surface area contributed by atoms with Crippen LogP contribution in [0.4, 0.5) is 0 Å². The highest BCUT2D eigenvalue weighted by Crippen LogP contribution is 2.36. The lowest BCUT2D eigenvalue weighted by molar-refractivity contribution is 0.499. The van der Waals surface area contributed by atoms with Gasteiger partial charge in [0.2, 0.25) is 0 Å². The maximum Gasteiger partial charge on any atom is 0.0546 e. The topological polar surface area (TPSA) is 52.0 Å². The SMILES string of the molecule is N[C@@H](c1cccs1)[C@@H](N)C1CC1. The van der Waals surface area contributed by atoms with E-state index in [0.29, 0.717) is 5.92 Å². The molecule has 1 aliphatic carbocycles. The summed E-state index contributed by atoms with van der Waals surface area (Å²) < 4.78 is 0. The third kappa shape index (κ3) is 1.53. The largest absolute Gasteiger partial charge is 0.326 e. The van der Waals surface area contributed by atoms with Crippen LogP contribution in [0.15, 0.2) is 17.5 Å². The molecule has 2 rings (SSSR count). The molecule has 4 N–H and O–H groups in total. The van der Waals surface area contributed by atoms with Crippen molar-refractivity contribution in [3.8, 4) is 0 Å². The van der Waals surface area contributed by atoms with Gasteiger partial charge in [-0.3, -0.25) is 0 Å². The van der Waals surface area contributed by atoms with E-state index in [9.17, 15) is 0 Å². The molecule has 1 fully saturated rings. The van der Waals surface area contributed by atoms with Crippen molar-refractivity contribution >= 4 is 11.3 Å². The minimum Gasteiger partial charge on any atom is -0.326 e. The smallest absolute Gasteiger partial charge is 0.0546 e. The Kier molecular flexibility index (Phi) is 2.17. The first kappa shape index (κ1) is 8.23. The molecule has 0 amide bonds. The van der Waals surface area contributed by atoms with E-state index in [1.54, 1.807) is 11.3 Å². The standard InChI is InChI=1S/C9H14N2S/c10-8(6-3-4-6)9(11)7-2-1-5-12-7/h1-2,5-6,8-9H,3-4,10-11H2/t8-,9-/m0/s1. The van der Waals surface area contributed by atoms with Crippen molar-refractivity contribution in [1.29, 1.82) is 0 Å². The summed E-state index contributed by atoms with van der Waals surface area (Å²) in [5.74, 6) is 0.682. The van der Waals surface area contributed by atoms with Crippen LogP contribution in [-0.4, -0.2) is 6.04 Å². The molecule has 66 valence electrons. The molecule has 0 bridgehead atoms. The Balaban J connectivity index is 2.03. The second-order valence-electron chi connectivity index (χ2n) is 3.46. The molecule has 0 radical (unpaired) electrons. The highest BCUT2D eigenvalue weighted by atomic mass is 32.1. The summed E-state index contributed by atoms with van der Waals surface area (Å²) >= 11 is 1.70. The van der Waals surface area contributed by atoms with Gasteiger partial charge in [-0.2, -0.15) is 0 Å². The fraction of sp³-hybridized carbons (Fsp3) is 0.556. The van der Waals surface area contributed by atoms with E-state index in [-0.39, 0.29) is 12.1 Å². The van der Waals surface area contributed by atoms with Crippen molar-refractivity contribution in [2.45, 2.75) is 24.9 Å². The van der Waals surface area contributed by atoms with E-state index in [4.69, 9.17) is 11.5 Å². The third-order valence-corrected chi connectivity index (χ3v) is 3.43. The quantitative estimate of drug-likeness (QED) is 0.744. The minimum absolute atomic E-state index is 0.0532.